The van der Waals surface area contributed by atoms with Gasteiger partial charge in [0.15, 0.2) is 0 Å². The average molecular weight is 322 g/mol. The molecule has 8 heteroatoms. The van der Waals surface area contributed by atoms with Crippen molar-refractivity contribution in [3.8, 4) is 0 Å². The zero-order valence-electron chi connectivity index (χ0n) is 10.8. The summed E-state index contributed by atoms with van der Waals surface area (Å²) in [5.74, 6) is 0. The second-order valence-corrected chi connectivity index (χ2v) is 4.88. The van der Waals surface area contributed by atoms with E-state index in [0.717, 1.165) is 26.2 Å². The number of nitro benzene ring substituents is 1. The van der Waals surface area contributed by atoms with Crippen LogP contribution < -0.4 is 5.32 Å². The molecule has 1 fully saturated rings. The van der Waals surface area contributed by atoms with Gasteiger partial charge < -0.3 is 10.4 Å². The van der Waals surface area contributed by atoms with E-state index in [4.69, 9.17) is 11.6 Å². The van der Waals surface area contributed by atoms with Crippen molar-refractivity contribution in [1.29, 1.82) is 0 Å². The smallest absolute Gasteiger partial charge is 0.274 e. The zero-order valence-corrected chi connectivity index (χ0v) is 12.4. The summed E-state index contributed by atoms with van der Waals surface area (Å²) in [7, 11) is 0. The van der Waals surface area contributed by atoms with Crippen molar-refractivity contribution in [3.05, 3.63) is 38.9 Å². The average Bonchev–Trinajstić information content (AvgIpc) is 2.40. The van der Waals surface area contributed by atoms with Crippen LogP contribution in [0.15, 0.2) is 18.2 Å². The number of benzene rings is 1. The van der Waals surface area contributed by atoms with E-state index in [2.05, 4.69) is 5.32 Å². The molecule has 1 aromatic rings. The molecule has 0 unspecified atom stereocenters. The number of piperazine rings is 1. The quantitative estimate of drug-likeness (QED) is 0.650. The predicted molar refractivity (Wildman–Crippen MR) is 79.6 cm³/mol. The normalized spacial score (nSPS) is 17.3. The van der Waals surface area contributed by atoms with Gasteiger partial charge in [0, 0.05) is 37.3 Å². The maximum atomic E-state index is 11.1. The SMILES string of the molecule is Cl.O=[N+]([O-])c1ccc(Cl)cc1[C@@H](CO)N1CCNCC1. The van der Waals surface area contributed by atoms with Crippen LogP contribution in [0.1, 0.15) is 11.6 Å². The minimum Gasteiger partial charge on any atom is -0.394 e. The highest BCUT2D eigenvalue weighted by Gasteiger charge is 2.27. The first-order valence-electron chi connectivity index (χ1n) is 6.13. The Morgan fingerprint density at radius 3 is 2.65 bits per heavy atom. The number of hydrogen-bond donors (Lipinski definition) is 2. The number of nitrogens with zero attached hydrogens (tertiary/aromatic N) is 2. The van der Waals surface area contributed by atoms with E-state index in [1.54, 1.807) is 6.07 Å². The topological polar surface area (TPSA) is 78.6 Å². The van der Waals surface area contributed by atoms with Gasteiger partial charge in [-0.3, -0.25) is 15.0 Å². The molecule has 1 aliphatic heterocycles. The fourth-order valence-corrected chi connectivity index (χ4v) is 2.54. The molecule has 0 spiro atoms. The van der Waals surface area contributed by atoms with Crippen molar-refractivity contribution >= 4 is 29.7 Å². The summed E-state index contributed by atoms with van der Waals surface area (Å²) in [5, 5.41) is 24.3. The van der Waals surface area contributed by atoms with E-state index in [1.807, 2.05) is 4.90 Å². The number of halogens is 2. The summed E-state index contributed by atoms with van der Waals surface area (Å²) in [6.45, 7) is 2.95. The molecule has 0 amide bonds. The Hall–Kier alpha value is -0.920. The van der Waals surface area contributed by atoms with Crippen LogP contribution in [0.5, 0.6) is 0 Å². The molecule has 1 heterocycles. The standard InChI is InChI=1S/C12H16ClN3O3.ClH/c13-9-1-2-11(16(18)19)10(7-9)12(8-17)15-5-3-14-4-6-15;/h1-2,7,12,14,17H,3-6,8H2;1H/t12-;/m1./s1. The van der Waals surface area contributed by atoms with Crippen molar-refractivity contribution in [2.45, 2.75) is 6.04 Å². The summed E-state index contributed by atoms with van der Waals surface area (Å²) in [6.07, 6.45) is 0. The van der Waals surface area contributed by atoms with Crippen LogP contribution in [-0.2, 0) is 0 Å². The Morgan fingerprint density at radius 2 is 2.10 bits per heavy atom. The van der Waals surface area contributed by atoms with Crippen molar-refractivity contribution in [1.82, 2.24) is 10.2 Å². The van der Waals surface area contributed by atoms with Crippen LogP contribution in [0, 0.1) is 10.1 Å². The number of aliphatic hydroxyl groups excluding tert-OH is 1. The molecule has 0 aliphatic carbocycles. The second kappa shape index (κ2) is 7.75. The van der Waals surface area contributed by atoms with Crippen LogP contribution in [0.25, 0.3) is 0 Å². The molecule has 6 nitrogen and oxygen atoms in total. The third kappa shape index (κ3) is 3.80. The fraction of sp³-hybridized carbons (Fsp3) is 0.500. The minimum atomic E-state index is -0.434. The van der Waals surface area contributed by atoms with Crippen molar-refractivity contribution in [2.24, 2.45) is 0 Å². The summed E-state index contributed by atoms with van der Waals surface area (Å²) in [6, 6.07) is 4.07. The maximum Gasteiger partial charge on any atom is 0.274 e. The van der Waals surface area contributed by atoms with Crippen LogP contribution >= 0.6 is 24.0 Å². The Bertz CT molecular complexity index is 467. The third-order valence-electron chi connectivity index (χ3n) is 3.31. The number of nitrogens with one attached hydrogen (secondary N) is 1. The first kappa shape index (κ1) is 17.1. The monoisotopic (exact) mass is 321 g/mol. The highest BCUT2D eigenvalue weighted by atomic mass is 35.5. The van der Waals surface area contributed by atoms with Gasteiger partial charge in [-0.2, -0.15) is 0 Å². The molecule has 1 aromatic carbocycles. The molecule has 20 heavy (non-hydrogen) atoms. The molecule has 0 aromatic heterocycles. The van der Waals surface area contributed by atoms with Gasteiger partial charge in [-0.05, 0) is 12.1 Å². The largest absolute Gasteiger partial charge is 0.394 e. The van der Waals surface area contributed by atoms with Gasteiger partial charge in [0.1, 0.15) is 0 Å². The Balaban J connectivity index is 0.00000200. The lowest BCUT2D eigenvalue weighted by atomic mass is 10.0. The maximum absolute atomic E-state index is 11.1. The predicted octanol–water partition coefficient (Wildman–Crippen LogP) is 1.61. The van der Waals surface area contributed by atoms with Crippen molar-refractivity contribution < 1.29 is 10.0 Å². The van der Waals surface area contributed by atoms with Crippen LogP contribution in [0.3, 0.4) is 0 Å². The molecule has 1 saturated heterocycles. The van der Waals surface area contributed by atoms with E-state index in [9.17, 15) is 15.2 Å². The van der Waals surface area contributed by atoms with Gasteiger partial charge in [0.25, 0.3) is 5.69 Å². The lowest BCUT2D eigenvalue weighted by Crippen LogP contribution is -2.46. The summed E-state index contributed by atoms with van der Waals surface area (Å²) in [5.41, 5.74) is 0.476. The lowest BCUT2D eigenvalue weighted by molar-refractivity contribution is -0.386. The van der Waals surface area contributed by atoms with Gasteiger partial charge in [-0.15, -0.1) is 12.4 Å². The Kier molecular flexibility index (Phi) is 6.64. The van der Waals surface area contributed by atoms with E-state index in [1.165, 1.54) is 12.1 Å². The minimum absolute atomic E-state index is 0. The van der Waals surface area contributed by atoms with E-state index < -0.39 is 4.92 Å². The number of rotatable bonds is 4. The van der Waals surface area contributed by atoms with Crippen LogP contribution in [0.4, 0.5) is 5.69 Å². The molecule has 1 atom stereocenters. The van der Waals surface area contributed by atoms with Gasteiger partial charge >= 0.3 is 0 Å². The molecule has 0 radical (unpaired) electrons. The van der Waals surface area contributed by atoms with Crippen LogP contribution in [0.2, 0.25) is 5.02 Å². The molecular weight excluding hydrogens is 305 g/mol. The summed E-state index contributed by atoms with van der Waals surface area (Å²) < 4.78 is 0. The lowest BCUT2D eigenvalue weighted by Gasteiger charge is -2.33. The Labute approximate surface area is 128 Å². The molecule has 1 aliphatic rings. The number of hydrogen-bond acceptors (Lipinski definition) is 5. The molecule has 0 bridgehead atoms. The van der Waals surface area contributed by atoms with Gasteiger partial charge in [-0.1, -0.05) is 11.6 Å². The highest BCUT2D eigenvalue weighted by Crippen LogP contribution is 2.31. The van der Waals surface area contributed by atoms with Crippen molar-refractivity contribution in [3.63, 3.8) is 0 Å². The second-order valence-electron chi connectivity index (χ2n) is 4.44. The van der Waals surface area contributed by atoms with E-state index in [-0.39, 0.29) is 30.7 Å². The van der Waals surface area contributed by atoms with Crippen LogP contribution in [-0.4, -0.2) is 47.7 Å². The first-order chi connectivity index (χ1) is 9.13. The summed E-state index contributed by atoms with van der Waals surface area (Å²) >= 11 is 5.93. The molecule has 2 N–H and O–H groups in total. The molecule has 2 rings (SSSR count). The van der Waals surface area contributed by atoms with Gasteiger partial charge in [0.2, 0.25) is 0 Å². The Morgan fingerprint density at radius 1 is 1.45 bits per heavy atom. The van der Waals surface area contributed by atoms with Gasteiger partial charge in [-0.25, -0.2) is 0 Å². The fourth-order valence-electron chi connectivity index (χ4n) is 2.36. The number of nitro groups is 1. The third-order valence-corrected chi connectivity index (χ3v) is 3.55. The van der Waals surface area contributed by atoms with Gasteiger partial charge in [0.05, 0.1) is 23.1 Å². The first-order valence-corrected chi connectivity index (χ1v) is 6.50. The van der Waals surface area contributed by atoms with Crippen molar-refractivity contribution in [2.75, 3.05) is 32.8 Å². The van der Waals surface area contributed by atoms with E-state index in [0.29, 0.717) is 10.6 Å². The zero-order chi connectivity index (χ0) is 13.8. The highest BCUT2D eigenvalue weighted by molar-refractivity contribution is 6.30. The molecular formula is C12H17Cl2N3O3. The summed E-state index contributed by atoms with van der Waals surface area (Å²) in [4.78, 5) is 12.7. The van der Waals surface area contributed by atoms with E-state index >= 15 is 0 Å². The molecule has 112 valence electrons. The molecule has 0 saturated carbocycles. The number of aliphatic hydroxyl groups is 1.